The number of hydrogen-bond acceptors (Lipinski definition) is 4. The molecule has 6 heteroatoms. The molecule has 1 aliphatic rings. The first-order chi connectivity index (χ1) is 13.5. The minimum Gasteiger partial charge on any atom is -0.494 e. The Morgan fingerprint density at radius 2 is 2.04 bits per heavy atom. The lowest BCUT2D eigenvalue weighted by Gasteiger charge is -2.14. The molecule has 4 rings (SSSR count). The number of nitrogens with zero attached hydrogens (tertiary/aromatic N) is 4. The molecule has 0 saturated heterocycles. The van der Waals surface area contributed by atoms with Crippen molar-refractivity contribution in [2.45, 2.75) is 39.2 Å². The van der Waals surface area contributed by atoms with Gasteiger partial charge in [0, 0.05) is 36.3 Å². The van der Waals surface area contributed by atoms with Gasteiger partial charge in [0.05, 0.1) is 36.6 Å². The highest BCUT2D eigenvalue weighted by atomic mass is 16.5. The molecule has 0 fully saturated rings. The van der Waals surface area contributed by atoms with E-state index in [2.05, 4.69) is 55.1 Å². The average molecular weight is 380 g/mol. The van der Waals surface area contributed by atoms with Crippen LogP contribution >= 0.6 is 0 Å². The van der Waals surface area contributed by atoms with E-state index in [1.165, 1.54) is 11.3 Å². The number of benzene rings is 1. The second-order valence-corrected chi connectivity index (χ2v) is 7.88. The quantitative estimate of drug-likeness (QED) is 0.732. The molecule has 3 heterocycles. The summed E-state index contributed by atoms with van der Waals surface area (Å²) in [4.78, 5) is 4.63. The van der Waals surface area contributed by atoms with Gasteiger partial charge in [-0.1, -0.05) is 13.0 Å². The Morgan fingerprint density at radius 1 is 1.21 bits per heavy atom. The Morgan fingerprint density at radius 3 is 2.68 bits per heavy atom. The van der Waals surface area contributed by atoms with Gasteiger partial charge in [-0.3, -0.25) is 9.67 Å². The molecule has 0 saturated carbocycles. The molecule has 6 nitrogen and oxygen atoms in total. The molecule has 1 atom stereocenters. The molecule has 0 spiro atoms. The molecule has 28 heavy (non-hydrogen) atoms. The molecule has 0 bridgehead atoms. The predicted molar refractivity (Wildman–Crippen MR) is 112 cm³/mol. The first-order valence-corrected chi connectivity index (χ1v) is 9.92. The summed E-state index contributed by atoms with van der Waals surface area (Å²) in [5.41, 5.74) is 5.14. The topological polar surface area (TPSA) is 64.6 Å². The summed E-state index contributed by atoms with van der Waals surface area (Å²) < 4.78 is 9.52. The standard InChI is InChI=1S/C22H28N4O2/c1-14(2)26-20-6-5-16(11-15(3)19-7-8-24-25(19)4)12-17(20)21(22(26)27)18-13-28-10-9-23-18/h5-8,12,14-15,27H,9-11,13H2,1-4H3. The third-order valence-corrected chi connectivity index (χ3v) is 5.53. The molecule has 1 aromatic carbocycles. The van der Waals surface area contributed by atoms with Crippen molar-refractivity contribution < 1.29 is 9.84 Å². The van der Waals surface area contributed by atoms with Crippen molar-refractivity contribution >= 4 is 16.6 Å². The van der Waals surface area contributed by atoms with Crippen LogP contribution in [0.25, 0.3) is 10.9 Å². The third-order valence-electron chi connectivity index (χ3n) is 5.53. The first kappa shape index (κ1) is 18.7. The van der Waals surface area contributed by atoms with Gasteiger partial charge >= 0.3 is 0 Å². The highest BCUT2D eigenvalue weighted by molar-refractivity contribution is 6.14. The molecule has 148 valence electrons. The van der Waals surface area contributed by atoms with Gasteiger partial charge in [-0.25, -0.2) is 0 Å². The molecule has 0 radical (unpaired) electrons. The van der Waals surface area contributed by atoms with Crippen LogP contribution in [0.1, 0.15) is 49.6 Å². The molecule has 1 N–H and O–H groups in total. The number of aliphatic imine (C=N–C) groups is 1. The van der Waals surface area contributed by atoms with Crippen molar-refractivity contribution in [1.82, 2.24) is 14.3 Å². The van der Waals surface area contributed by atoms with E-state index >= 15 is 0 Å². The summed E-state index contributed by atoms with van der Waals surface area (Å²) in [5.74, 6) is 0.635. The zero-order valence-electron chi connectivity index (χ0n) is 17.0. The van der Waals surface area contributed by atoms with Gasteiger partial charge in [0.1, 0.15) is 0 Å². The van der Waals surface area contributed by atoms with Gasteiger partial charge in [0.15, 0.2) is 0 Å². The fourth-order valence-electron chi connectivity index (χ4n) is 4.22. The number of aromatic hydroxyl groups is 1. The first-order valence-electron chi connectivity index (χ1n) is 9.92. The summed E-state index contributed by atoms with van der Waals surface area (Å²) in [6, 6.07) is 8.71. The second kappa shape index (κ2) is 7.43. The van der Waals surface area contributed by atoms with Crippen molar-refractivity contribution in [2.24, 2.45) is 12.0 Å². The largest absolute Gasteiger partial charge is 0.494 e. The van der Waals surface area contributed by atoms with Crippen LogP contribution in [0.5, 0.6) is 5.88 Å². The summed E-state index contributed by atoms with van der Waals surface area (Å²) >= 11 is 0. The van der Waals surface area contributed by atoms with E-state index in [1.54, 1.807) is 0 Å². The van der Waals surface area contributed by atoms with Gasteiger partial charge in [-0.2, -0.15) is 5.10 Å². The number of aryl methyl sites for hydroxylation is 1. The number of rotatable bonds is 5. The lowest BCUT2D eigenvalue weighted by atomic mass is 9.96. The van der Waals surface area contributed by atoms with Crippen LogP contribution in [0.15, 0.2) is 35.5 Å². The van der Waals surface area contributed by atoms with Crippen LogP contribution in [0.3, 0.4) is 0 Å². The normalized spacial score (nSPS) is 16.0. The fraction of sp³-hybridized carbons (Fsp3) is 0.455. The lowest BCUT2D eigenvalue weighted by Crippen LogP contribution is -2.19. The monoisotopic (exact) mass is 380 g/mol. The molecular formula is C22H28N4O2. The van der Waals surface area contributed by atoms with Crippen molar-refractivity contribution in [3.05, 3.63) is 47.3 Å². The van der Waals surface area contributed by atoms with E-state index in [4.69, 9.17) is 4.74 Å². The maximum absolute atomic E-state index is 11.0. The SMILES string of the molecule is CC(Cc1ccc2c(c1)c(C1=NCCOC1)c(O)n2C(C)C)c1ccnn1C. The van der Waals surface area contributed by atoms with Crippen LogP contribution in [-0.2, 0) is 18.2 Å². The summed E-state index contributed by atoms with van der Waals surface area (Å²) in [7, 11) is 1.98. The predicted octanol–water partition coefficient (Wildman–Crippen LogP) is 3.83. The molecule has 2 aromatic heterocycles. The van der Waals surface area contributed by atoms with Gasteiger partial charge in [-0.15, -0.1) is 0 Å². The zero-order valence-corrected chi connectivity index (χ0v) is 17.0. The number of hydrogen-bond donors (Lipinski definition) is 1. The van der Waals surface area contributed by atoms with Crippen molar-refractivity contribution in [3.63, 3.8) is 0 Å². The average Bonchev–Trinajstić information content (AvgIpc) is 3.22. The molecule has 0 aliphatic carbocycles. The maximum atomic E-state index is 11.0. The van der Waals surface area contributed by atoms with Crippen LogP contribution in [0.2, 0.25) is 0 Å². The van der Waals surface area contributed by atoms with Gasteiger partial charge in [-0.05, 0) is 44.0 Å². The Hall–Kier alpha value is -2.60. The van der Waals surface area contributed by atoms with Crippen LogP contribution in [0.4, 0.5) is 0 Å². The summed E-state index contributed by atoms with van der Waals surface area (Å²) in [6.07, 6.45) is 2.75. The number of aromatic nitrogens is 3. The zero-order chi connectivity index (χ0) is 19.8. The van der Waals surface area contributed by atoms with Crippen molar-refractivity contribution in [1.29, 1.82) is 0 Å². The van der Waals surface area contributed by atoms with E-state index in [-0.39, 0.29) is 11.9 Å². The Labute approximate surface area is 165 Å². The Kier molecular flexibility index (Phi) is 4.98. The van der Waals surface area contributed by atoms with Crippen molar-refractivity contribution in [2.75, 3.05) is 19.8 Å². The van der Waals surface area contributed by atoms with Crippen molar-refractivity contribution in [3.8, 4) is 5.88 Å². The highest BCUT2D eigenvalue weighted by Crippen LogP contribution is 2.36. The third kappa shape index (κ3) is 3.22. The molecule has 0 amide bonds. The minimum atomic E-state index is 0.153. The molecule has 1 unspecified atom stereocenters. The molecule has 1 aliphatic heterocycles. The van der Waals surface area contributed by atoms with E-state index in [9.17, 15) is 5.11 Å². The Bertz CT molecular complexity index is 1030. The van der Waals surface area contributed by atoms with E-state index in [0.717, 1.165) is 28.6 Å². The van der Waals surface area contributed by atoms with E-state index < -0.39 is 0 Å². The smallest absolute Gasteiger partial charge is 0.201 e. The minimum absolute atomic E-state index is 0.153. The lowest BCUT2D eigenvalue weighted by molar-refractivity contribution is 0.171. The maximum Gasteiger partial charge on any atom is 0.201 e. The van der Waals surface area contributed by atoms with Gasteiger partial charge in [0.25, 0.3) is 0 Å². The number of fused-ring (bicyclic) bond motifs is 1. The summed E-state index contributed by atoms with van der Waals surface area (Å²) in [6.45, 7) is 8.11. The molecular weight excluding hydrogens is 352 g/mol. The summed E-state index contributed by atoms with van der Waals surface area (Å²) in [5, 5.41) is 16.3. The Balaban J connectivity index is 1.79. The van der Waals surface area contributed by atoms with Gasteiger partial charge in [0.2, 0.25) is 5.88 Å². The van der Waals surface area contributed by atoms with Gasteiger partial charge < -0.3 is 14.4 Å². The van der Waals surface area contributed by atoms with Crippen LogP contribution in [-0.4, -0.2) is 44.9 Å². The van der Waals surface area contributed by atoms with E-state index in [1.807, 2.05) is 22.5 Å². The highest BCUT2D eigenvalue weighted by Gasteiger charge is 2.24. The number of ether oxygens (including phenoxy) is 1. The van der Waals surface area contributed by atoms with E-state index in [0.29, 0.717) is 25.7 Å². The second-order valence-electron chi connectivity index (χ2n) is 7.88. The van der Waals surface area contributed by atoms with Crippen LogP contribution in [0, 0.1) is 0 Å². The fourth-order valence-corrected chi connectivity index (χ4v) is 4.22. The van der Waals surface area contributed by atoms with Crippen LogP contribution < -0.4 is 0 Å². The molecule has 3 aromatic rings.